The van der Waals surface area contributed by atoms with E-state index in [-0.39, 0.29) is 5.82 Å². The first-order chi connectivity index (χ1) is 11.7. The normalized spacial score (nSPS) is 10.6. The van der Waals surface area contributed by atoms with Crippen LogP contribution in [-0.4, -0.2) is 28.4 Å². The lowest BCUT2D eigenvalue weighted by atomic mass is 10.2. The van der Waals surface area contributed by atoms with Crippen LogP contribution in [0.4, 0.5) is 4.39 Å². The van der Waals surface area contributed by atoms with Gasteiger partial charge in [-0.1, -0.05) is 0 Å². The minimum Gasteiger partial charge on any atom is -0.490 e. The van der Waals surface area contributed by atoms with E-state index in [0.29, 0.717) is 36.4 Å². The number of nitrogens with zero attached hydrogens (tertiary/aromatic N) is 2. The quantitative estimate of drug-likeness (QED) is 0.741. The smallest absolute Gasteiger partial charge is 0.181 e. The first-order valence-corrected chi connectivity index (χ1v) is 7.79. The Hall–Kier alpha value is -2.89. The molecule has 3 rings (SSSR count). The predicted octanol–water partition coefficient (Wildman–Crippen LogP) is 4.08. The summed E-state index contributed by atoms with van der Waals surface area (Å²) < 4.78 is 24.2. The third-order valence-corrected chi connectivity index (χ3v) is 3.40. The van der Waals surface area contributed by atoms with Crippen LogP contribution in [0.5, 0.6) is 11.5 Å². The van der Waals surface area contributed by atoms with Crippen molar-refractivity contribution in [2.75, 3.05) is 13.2 Å². The Kier molecular flexibility index (Phi) is 4.74. The number of halogens is 1. The molecule has 0 aliphatic heterocycles. The summed E-state index contributed by atoms with van der Waals surface area (Å²) in [5.74, 6) is 2.18. The van der Waals surface area contributed by atoms with Gasteiger partial charge in [-0.2, -0.15) is 5.10 Å². The molecule has 0 spiro atoms. The number of rotatable bonds is 6. The number of hydrogen-bond acceptors (Lipinski definition) is 4. The number of aromatic amines is 1. The first-order valence-electron chi connectivity index (χ1n) is 7.79. The molecule has 1 aromatic heterocycles. The topological polar surface area (TPSA) is 60.0 Å². The van der Waals surface area contributed by atoms with Crippen LogP contribution in [0.1, 0.15) is 13.8 Å². The zero-order valence-electron chi connectivity index (χ0n) is 13.5. The molecule has 0 aliphatic rings. The van der Waals surface area contributed by atoms with Crippen molar-refractivity contribution in [2.45, 2.75) is 13.8 Å². The van der Waals surface area contributed by atoms with E-state index in [0.717, 1.165) is 11.1 Å². The molecule has 0 aliphatic carbocycles. The van der Waals surface area contributed by atoms with Gasteiger partial charge in [0.15, 0.2) is 23.1 Å². The molecule has 0 atom stereocenters. The second kappa shape index (κ2) is 7.12. The molecule has 0 radical (unpaired) electrons. The maximum atomic E-state index is 13.0. The summed E-state index contributed by atoms with van der Waals surface area (Å²) >= 11 is 0. The summed E-state index contributed by atoms with van der Waals surface area (Å²) in [6.45, 7) is 4.95. The zero-order chi connectivity index (χ0) is 16.9. The van der Waals surface area contributed by atoms with Crippen molar-refractivity contribution in [3.05, 3.63) is 48.3 Å². The molecular formula is C18H18FN3O2. The fraction of sp³-hybridized carbons (Fsp3) is 0.222. The van der Waals surface area contributed by atoms with E-state index in [1.54, 1.807) is 12.1 Å². The molecule has 124 valence electrons. The maximum Gasteiger partial charge on any atom is 0.181 e. The lowest BCUT2D eigenvalue weighted by molar-refractivity contribution is 0.288. The van der Waals surface area contributed by atoms with Gasteiger partial charge in [0.1, 0.15) is 5.82 Å². The summed E-state index contributed by atoms with van der Waals surface area (Å²) in [5.41, 5.74) is 1.58. The number of H-pyrrole nitrogens is 1. The highest BCUT2D eigenvalue weighted by Crippen LogP contribution is 2.32. The molecule has 2 aromatic carbocycles. The molecule has 0 saturated heterocycles. The standard InChI is InChI=1S/C18H18FN3O2/c1-3-23-15-10-7-13(11-16(15)24-4-2)18-20-17(21-22-18)12-5-8-14(19)9-6-12/h5-11H,3-4H2,1-2H3,(H,20,21,22). The molecule has 24 heavy (non-hydrogen) atoms. The van der Waals surface area contributed by atoms with Gasteiger partial charge in [0.05, 0.1) is 13.2 Å². The molecule has 5 nitrogen and oxygen atoms in total. The molecule has 1 N–H and O–H groups in total. The van der Waals surface area contributed by atoms with E-state index in [1.165, 1.54) is 12.1 Å². The fourth-order valence-electron chi connectivity index (χ4n) is 2.32. The van der Waals surface area contributed by atoms with Gasteiger partial charge in [-0.05, 0) is 56.3 Å². The summed E-state index contributed by atoms with van der Waals surface area (Å²) in [7, 11) is 0. The van der Waals surface area contributed by atoms with E-state index in [9.17, 15) is 4.39 Å². The SMILES string of the molecule is CCOc1ccc(-c2n[nH]c(-c3ccc(F)cc3)n2)cc1OCC. The number of aromatic nitrogens is 3. The second-order valence-electron chi connectivity index (χ2n) is 5.04. The zero-order valence-corrected chi connectivity index (χ0v) is 13.5. The molecular weight excluding hydrogens is 309 g/mol. The molecule has 0 bridgehead atoms. The highest BCUT2D eigenvalue weighted by Gasteiger charge is 2.12. The van der Waals surface area contributed by atoms with E-state index in [2.05, 4.69) is 15.2 Å². The van der Waals surface area contributed by atoms with Gasteiger partial charge in [0, 0.05) is 11.1 Å². The summed E-state index contributed by atoms with van der Waals surface area (Å²) in [6.07, 6.45) is 0. The number of benzene rings is 2. The Balaban J connectivity index is 1.91. The van der Waals surface area contributed by atoms with E-state index in [1.807, 2.05) is 32.0 Å². The Morgan fingerprint density at radius 2 is 1.58 bits per heavy atom. The van der Waals surface area contributed by atoms with E-state index < -0.39 is 0 Å². The molecule has 0 unspecified atom stereocenters. The molecule has 6 heteroatoms. The van der Waals surface area contributed by atoms with Crippen molar-refractivity contribution < 1.29 is 13.9 Å². The molecule has 0 fully saturated rings. The van der Waals surface area contributed by atoms with E-state index >= 15 is 0 Å². The van der Waals surface area contributed by atoms with Gasteiger partial charge in [0.2, 0.25) is 0 Å². The second-order valence-corrected chi connectivity index (χ2v) is 5.04. The summed E-state index contributed by atoms with van der Waals surface area (Å²) in [4.78, 5) is 4.47. The predicted molar refractivity (Wildman–Crippen MR) is 89.6 cm³/mol. The van der Waals surface area contributed by atoms with Crippen LogP contribution in [0.3, 0.4) is 0 Å². The lowest BCUT2D eigenvalue weighted by Crippen LogP contribution is -1.98. The van der Waals surface area contributed by atoms with Crippen molar-refractivity contribution in [1.82, 2.24) is 15.2 Å². The van der Waals surface area contributed by atoms with Gasteiger partial charge in [-0.3, -0.25) is 5.10 Å². The fourth-order valence-corrected chi connectivity index (χ4v) is 2.32. The van der Waals surface area contributed by atoms with Crippen LogP contribution < -0.4 is 9.47 Å². The number of hydrogen-bond donors (Lipinski definition) is 1. The summed E-state index contributed by atoms with van der Waals surface area (Å²) in [5, 5.41) is 7.11. The highest BCUT2D eigenvalue weighted by atomic mass is 19.1. The maximum absolute atomic E-state index is 13.0. The minimum atomic E-state index is -0.286. The largest absolute Gasteiger partial charge is 0.490 e. The summed E-state index contributed by atoms with van der Waals surface area (Å²) in [6, 6.07) is 11.7. The van der Waals surface area contributed by atoms with Crippen molar-refractivity contribution in [2.24, 2.45) is 0 Å². The van der Waals surface area contributed by atoms with Crippen LogP contribution in [0.15, 0.2) is 42.5 Å². The van der Waals surface area contributed by atoms with Crippen molar-refractivity contribution in [3.63, 3.8) is 0 Å². The van der Waals surface area contributed by atoms with Gasteiger partial charge in [0.25, 0.3) is 0 Å². The van der Waals surface area contributed by atoms with Crippen LogP contribution in [-0.2, 0) is 0 Å². The Morgan fingerprint density at radius 3 is 2.29 bits per heavy atom. The van der Waals surface area contributed by atoms with Crippen molar-refractivity contribution in [1.29, 1.82) is 0 Å². The van der Waals surface area contributed by atoms with Crippen molar-refractivity contribution >= 4 is 0 Å². The first kappa shape index (κ1) is 16.0. The van der Waals surface area contributed by atoms with Crippen molar-refractivity contribution in [3.8, 4) is 34.3 Å². The number of ether oxygens (including phenoxy) is 2. The van der Waals surface area contributed by atoms with Crippen LogP contribution in [0.2, 0.25) is 0 Å². The Morgan fingerprint density at radius 1 is 0.917 bits per heavy atom. The van der Waals surface area contributed by atoms with Gasteiger partial charge >= 0.3 is 0 Å². The number of nitrogens with one attached hydrogen (secondary N) is 1. The molecule has 1 heterocycles. The van der Waals surface area contributed by atoms with Crippen LogP contribution >= 0.6 is 0 Å². The lowest BCUT2D eigenvalue weighted by Gasteiger charge is -2.11. The highest BCUT2D eigenvalue weighted by molar-refractivity contribution is 5.64. The van der Waals surface area contributed by atoms with Crippen LogP contribution in [0.25, 0.3) is 22.8 Å². The monoisotopic (exact) mass is 327 g/mol. The van der Waals surface area contributed by atoms with Gasteiger partial charge < -0.3 is 9.47 Å². The Labute approximate surface area is 139 Å². The van der Waals surface area contributed by atoms with Gasteiger partial charge in [-0.25, -0.2) is 9.37 Å². The third-order valence-electron chi connectivity index (χ3n) is 3.40. The average Bonchev–Trinajstić information content (AvgIpc) is 3.07. The third kappa shape index (κ3) is 3.37. The van der Waals surface area contributed by atoms with Crippen LogP contribution in [0, 0.1) is 5.82 Å². The molecule has 0 amide bonds. The Bertz CT molecular complexity index is 815. The van der Waals surface area contributed by atoms with E-state index in [4.69, 9.17) is 9.47 Å². The minimum absolute atomic E-state index is 0.286. The van der Waals surface area contributed by atoms with Gasteiger partial charge in [-0.15, -0.1) is 0 Å². The molecule has 3 aromatic rings. The molecule has 0 saturated carbocycles. The average molecular weight is 327 g/mol.